The third kappa shape index (κ3) is 3.31. The summed E-state index contributed by atoms with van der Waals surface area (Å²) in [6, 6.07) is 12.6. The van der Waals surface area contributed by atoms with Crippen molar-refractivity contribution in [1.29, 1.82) is 0 Å². The molecule has 2 rings (SSSR count). The summed E-state index contributed by atoms with van der Waals surface area (Å²) in [5.74, 6) is -0.149. The number of amides is 1. The van der Waals surface area contributed by atoms with Gasteiger partial charge in [0.15, 0.2) is 0 Å². The monoisotopic (exact) mass is 288 g/mol. The zero-order chi connectivity index (χ0) is 14.7. The van der Waals surface area contributed by atoms with Gasteiger partial charge in [0.25, 0.3) is 5.91 Å². The smallest absolute Gasteiger partial charge is 0.251 e. The number of halogens is 1. The largest absolute Gasteiger partial charge is 0.398 e. The lowest BCUT2D eigenvalue weighted by molar-refractivity contribution is 0.0940. The minimum Gasteiger partial charge on any atom is -0.398 e. The summed E-state index contributed by atoms with van der Waals surface area (Å²) in [5.41, 5.74) is 8.93. The Kier molecular flexibility index (Phi) is 4.30. The van der Waals surface area contributed by atoms with Crippen LogP contribution < -0.4 is 11.1 Å². The molecule has 0 heterocycles. The number of rotatable bonds is 3. The number of carbonyl (C=O) groups excluding carboxylic acids is 1. The van der Waals surface area contributed by atoms with Crippen molar-refractivity contribution in [3.8, 4) is 0 Å². The first kappa shape index (κ1) is 14.4. The molecule has 0 fully saturated rings. The molecule has 0 bridgehead atoms. The van der Waals surface area contributed by atoms with Gasteiger partial charge >= 0.3 is 0 Å². The van der Waals surface area contributed by atoms with Gasteiger partial charge in [-0.05, 0) is 49.2 Å². The summed E-state index contributed by atoms with van der Waals surface area (Å²) in [7, 11) is 0. The van der Waals surface area contributed by atoms with Crippen LogP contribution in [0.3, 0.4) is 0 Å². The lowest BCUT2D eigenvalue weighted by Gasteiger charge is -2.15. The molecule has 2 aromatic carbocycles. The number of nitrogens with one attached hydrogen (secondary N) is 1. The van der Waals surface area contributed by atoms with E-state index in [2.05, 4.69) is 5.32 Å². The predicted octanol–water partition coefficient (Wildman–Crippen LogP) is 3.72. The van der Waals surface area contributed by atoms with Gasteiger partial charge in [0, 0.05) is 16.3 Å². The van der Waals surface area contributed by atoms with Crippen LogP contribution in [0, 0.1) is 6.92 Å². The number of hydrogen-bond acceptors (Lipinski definition) is 2. The van der Waals surface area contributed by atoms with Gasteiger partial charge in [0.2, 0.25) is 0 Å². The molecule has 3 nitrogen and oxygen atoms in total. The Labute approximate surface area is 123 Å². The second-order valence-electron chi connectivity index (χ2n) is 4.82. The van der Waals surface area contributed by atoms with Gasteiger partial charge in [-0.1, -0.05) is 29.8 Å². The highest BCUT2D eigenvalue weighted by molar-refractivity contribution is 6.30. The van der Waals surface area contributed by atoms with Gasteiger partial charge in [-0.2, -0.15) is 0 Å². The van der Waals surface area contributed by atoms with Gasteiger partial charge < -0.3 is 11.1 Å². The van der Waals surface area contributed by atoms with Crippen molar-refractivity contribution in [2.75, 3.05) is 5.73 Å². The fourth-order valence-electron chi connectivity index (χ4n) is 1.92. The fraction of sp³-hybridized carbons (Fsp3) is 0.188. The minimum atomic E-state index is -0.149. The maximum absolute atomic E-state index is 12.2. The predicted molar refractivity (Wildman–Crippen MR) is 82.9 cm³/mol. The van der Waals surface area contributed by atoms with Crippen molar-refractivity contribution in [3.05, 3.63) is 64.2 Å². The molecule has 3 N–H and O–H groups in total. The SMILES string of the molecule is Cc1ccc(C(=O)NC(C)c2cccc(Cl)c2)cc1N. The molecule has 20 heavy (non-hydrogen) atoms. The normalized spacial score (nSPS) is 11.9. The standard InChI is InChI=1S/C16H17ClN2O/c1-10-6-7-13(9-15(10)18)16(20)19-11(2)12-4-3-5-14(17)8-12/h3-9,11H,18H2,1-2H3,(H,19,20). The molecule has 0 saturated heterocycles. The average molecular weight is 289 g/mol. The Balaban J connectivity index is 2.13. The number of carbonyl (C=O) groups is 1. The molecule has 1 atom stereocenters. The molecule has 0 spiro atoms. The number of nitrogens with two attached hydrogens (primary N) is 1. The van der Waals surface area contributed by atoms with Gasteiger partial charge in [0.05, 0.1) is 6.04 Å². The van der Waals surface area contributed by atoms with Crippen LogP contribution in [0.2, 0.25) is 5.02 Å². The summed E-state index contributed by atoms with van der Waals surface area (Å²) >= 11 is 5.95. The molecule has 0 radical (unpaired) electrons. The summed E-state index contributed by atoms with van der Waals surface area (Å²) < 4.78 is 0. The molecule has 0 aliphatic heterocycles. The Bertz CT molecular complexity index is 640. The van der Waals surface area contributed by atoms with E-state index in [1.807, 2.05) is 38.1 Å². The van der Waals surface area contributed by atoms with Gasteiger partial charge in [-0.15, -0.1) is 0 Å². The van der Waals surface area contributed by atoms with Crippen molar-refractivity contribution in [2.45, 2.75) is 19.9 Å². The second-order valence-corrected chi connectivity index (χ2v) is 5.26. The Hall–Kier alpha value is -2.00. The van der Waals surface area contributed by atoms with E-state index in [9.17, 15) is 4.79 Å². The van der Waals surface area contributed by atoms with Gasteiger partial charge in [-0.3, -0.25) is 4.79 Å². The topological polar surface area (TPSA) is 55.1 Å². The van der Waals surface area contributed by atoms with E-state index in [0.717, 1.165) is 11.1 Å². The van der Waals surface area contributed by atoms with Crippen molar-refractivity contribution in [1.82, 2.24) is 5.32 Å². The minimum absolute atomic E-state index is 0.122. The van der Waals surface area contributed by atoms with E-state index < -0.39 is 0 Å². The molecular formula is C16H17ClN2O. The summed E-state index contributed by atoms with van der Waals surface area (Å²) in [4.78, 5) is 12.2. The van der Waals surface area contributed by atoms with Crippen LogP contribution in [-0.4, -0.2) is 5.91 Å². The molecular weight excluding hydrogens is 272 g/mol. The average Bonchev–Trinajstić information content (AvgIpc) is 2.41. The summed E-state index contributed by atoms with van der Waals surface area (Å²) in [6.45, 7) is 3.83. The third-order valence-electron chi connectivity index (χ3n) is 3.24. The van der Waals surface area contributed by atoms with E-state index in [1.54, 1.807) is 18.2 Å². The fourth-order valence-corrected chi connectivity index (χ4v) is 2.12. The van der Waals surface area contributed by atoms with E-state index >= 15 is 0 Å². The van der Waals surface area contributed by atoms with Crippen LogP contribution in [0.4, 0.5) is 5.69 Å². The van der Waals surface area contributed by atoms with Crippen LogP contribution in [0.1, 0.15) is 34.5 Å². The van der Waals surface area contributed by atoms with Crippen LogP contribution in [0.15, 0.2) is 42.5 Å². The maximum atomic E-state index is 12.2. The molecule has 1 unspecified atom stereocenters. The Morgan fingerprint density at radius 2 is 2.00 bits per heavy atom. The highest BCUT2D eigenvalue weighted by Crippen LogP contribution is 2.18. The quantitative estimate of drug-likeness (QED) is 0.846. The highest BCUT2D eigenvalue weighted by Gasteiger charge is 2.12. The Morgan fingerprint density at radius 1 is 1.25 bits per heavy atom. The molecule has 0 saturated carbocycles. The van der Waals surface area contributed by atoms with Gasteiger partial charge in [-0.25, -0.2) is 0 Å². The van der Waals surface area contributed by atoms with Crippen LogP contribution >= 0.6 is 11.6 Å². The van der Waals surface area contributed by atoms with Crippen molar-refractivity contribution < 1.29 is 4.79 Å². The first-order valence-electron chi connectivity index (χ1n) is 6.40. The number of aryl methyl sites for hydroxylation is 1. The Morgan fingerprint density at radius 3 is 2.65 bits per heavy atom. The van der Waals surface area contributed by atoms with Crippen molar-refractivity contribution >= 4 is 23.2 Å². The highest BCUT2D eigenvalue weighted by atomic mass is 35.5. The molecule has 4 heteroatoms. The zero-order valence-electron chi connectivity index (χ0n) is 11.5. The lowest BCUT2D eigenvalue weighted by atomic mass is 10.1. The van der Waals surface area contributed by atoms with E-state index in [-0.39, 0.29) is 11.9 Å². The van der Waals surface area contributed by atoms with Crippen molar-refractivity contribution in [2.24, 2.45) is 0 Å². The van der Waals surface area contributed by atoms with Crippen LogP contribution in [0.5, 0.6) is 0 Å². The molecule has 1 amide bonds. The third-order valence-corrected chi connectivity index (χ3v) is 3.47. The number of anilines is 1. The summed E-state index contributed by atoms with van der Waals surface area (Å²) in [6.07, 6.45) is 0. The second kappa shape index (κ2) is 5.97. The zero-order valence-corrected chi connectivity index (χ0v) is 12.2. The first-order valence-corrected chi connectivity index (χ1v) is 6.77. The van der Waals surface area contributed by atoms with E-state index in [1.165, 1.54) is 0 Å². The van der Waals surface area contributed by atoms with Crippen LogP contribution in [0.25, 0.3) is 0 Å². The molecule has 104 valence electrons. The molecule has 2 aromatic rings. The van der Waals surface area contributed by atoms with Crippen molar-refractivity contribution in [3.63, 3.8) is 0 Å². The molecule has 0 aromatic heterocycles. The number of hydrogen-bond donors (Lipinski definition) is 2. The first-order chi connectivity index (χ1) is 9.47. The summed E-state index contributed by atoms with van der Waals surface area (Å²) in [5, 5.41) is 3.59. The van der Waals surface area contributed by atoms with E-state index in [4.69, 9.17) is 17.3 Å². The number of benzene rings is 2. The van der Waals surface area contributed by atoms with E-state index in [0.29, 0.717) is 16.3 Å². The van der Waals surface area contributed by atoms with Crippen LogP contribution in [-0.2, 0) is 0 Å². The maximum Gasteiger partial charge on any atom is 0.251 e. The number of nitrogen functional groups attached to an aromatic ring is 1. The lowest BCUT2D eigenvalue weighted by Crippen LogP contribution is -2.26. The van der Waals surface area contributed by atoms with Gasteiger partial charge in [0.1, 0.15) is 0 Å². The molecule has 0 aliphatic carbocycles. The molecule has 0 aliphatic rings.